The molecule has 2 heteroatoms. The smallest absolute Gasteiger partial charge is 0.0540 e. The highest BCUT2D eigenvalue weighted by Gasteiger charge is 2.37. The summed E-state index contributed by atoms with van der Waals surface area (Å²) in [5.74, 6) is 0. The SMILES string of the molecule is CC1(C)c2cc(N(c3ccccc3)c3cccc4ccccc34)ccc2-c2ccc(N(c3ccc4ccccc4c3)c3cccc4ccccc34)cc21. The van der Waals surface area contributed by atoms with Crippen LogP contribution in [0.1, 0.15) is 25.0 Å². The van der Waals surface area contributed by atoms with E-state index in [1.54, 1.807) is 0 Å². The molecule has 9 aromatic rings. The minimum absolute atomic E-state index is 0.231. The molecule has 0 aromatic heterocycles. The second-order valence-corrected chi connectivity index (χ2v) is 14.6. The molecule has 0 atom stereocenters. The van der Waals surface area contributed by atoms with Gasteiger partial charge < -0.3 is 9.80 Å². The van der Waals surface area contributed by atoms with Crippen LogP contribution in [0.15, 0.2) is 194 Å². The molecule has 0 amide bonds. The number of rotatable bonds is 6. The van der Waals surface area contributed by atoms with Crippen molar-refractivity contribution in [2.45, 2.75) is 19.3 Å². The molecule has 0 radical (unpaired) electrons. The zero-order chi connectivity index (χ0) is 35.5. The largest absolute Gasteiger partial charge is 0.310 e. The second-order valence-electron chi connectivity index (χ2n) is 14.6. The minimum atomic E-state index is -0.231. The molecule has 1 aliphatic rings. The van der Waals surface area contributed by atoms with Crippen LogP contribution in [-0.2, 0) is 5.41 Å². The average molecular weight is 679 g/mol. The summed E-state index contributed by atoms with van der Waals surface area (Å²) >= 11 is 0. The maximum Gasteiger partial charge on any atom is 0.0540 e. The van der Waals surface area contributed by atoms with E-state index in [1.165, 1.54) is 65.9 Å². The lowest BCUT2D eigenvalue weighted by molar-refractivity contribution is 0.660. The van der Waals surface area contributed by atoms with Crippen LogP contribution in [0.3, 0.4) is 0 Å². The van der Waals surface area contributed by atoms with Crippen molar-refractivity contribution in [1.82, 2.24) is 0 Å². The first-order chi connectivity index (χ1) is 26.0. The van der Waals surface area contributed by atoms with Gasteiger partial charge in [0.1, 0.15) is 0 Å². The molecule has 10 rings (SSSR count). The van der Waals surface area contributed by atoms with Crippen LogP contribution in [0.5, 0.6) is 0 Å². The number of hydrogen-bond donors (Lipinski definition) is 0. The third-order valence-electron chi connectivity index (χ3n) is 11.2. The van der Waals surface area contributed by atoms with Crippen molar-refractivity contribution >= 4 is 66.4 Å². The summed E-state index contributed by atoms with van der Waals surface area (Å²) < 4.78 is 0. The highest BCUT2D eigenvalue weighted by molar-refractivity contribution is 6.02. The van der Waals surface area contributed by atoms with Gasteiger partial charge in [-0.25, -0.2) is 0 Å². The van der Waals surface area contributed by atoms with Gasteiger partial charge >= 0.3 is 0 Å². The topological polar surface area (TPSA) is 6.48 Å². The fourth-order valence-corrected chi connectivity index (χ4v) is 8.55. The fourth-order valence-electron chi connectivity index (χ4n) is 8.55. The second kappa shape index (κ2) is 12.3. The van der Waals surface area contributed by atoms with Gasteiger partial charge in [0.2, 0.25) is 0 Å². The Hall–Kier alpha value is -6.64. The Morgan fingerprint density at radius 1 is 0.321 bits per heavy atom. The molecular weight excluding hydrogens is 641 g/mol. The van der Waals surface area contributed by atoms with E-state index < -0.39 is 0 Å². The van der Waals surface area contributed by atoms with Gasteiger partial charge in [0.05, 0.1) is 11.4 Å². The lowest BCUT2D eigenvalue weighted by Crippen LogP contribution is -2.18. The lowest BCUT2D eigenvalue weighted by atomic mass is 9.82. The zero-order valence-electron chi connectivity index (χ0n) is 29.9. The summed E-state index contributed by atoms with van der Waals surface area (Å²) in [7, 11) is 0. The van der Waals surface area contributed by atoms with Crippen molar-refractivity contribution in [3.05, 3.63) is 205 Å². The van der Waals surface area contributed by atoms with Crippen LogP contribution >= 0.6 is 0 Å². The number of para-hydroxylation sites is 1. The van der Waals surface area contributed by atoms with E-state index >= 15 is 0 Å². The first kappa shape index (κ1) is 31.1. The molecule has 0 saturated heterocycles. The van der Waals surface area contributed by atoms with Gasteiger partial charge in [-0.15, -0.1) is 0 Å². The normalized spacial score (nSPS) is 12.9. The van der Waals surface area contributed by atoms with Gasteiger partial charge in [0, 0.05) is 38.9 Å². The van der Waals surface area contributed by atoms with E-state index in [1.807, 2.05) is 0 Å². The summed E-state index contributed by atoms with van der Waals surface area (Å²) in [4.78, 5) is 4.85. The minimum Gasteiger partial charge on any atom is -0.310 e. The standard InChI is InChI=1S/C51H38N2/c1-51(2)47-33-41(52(39-20-4-3-5-21-39)49-24-12-18-36-15-8-10-22-43(36)49)28-30-45(47)46-31-29-42(34-48(46)51)53(40-27-26-35-14-6-7-17-38(35)32-40)50-25-13-19-37-16-9-11-23-44(37)50/h3-34H,1-2H3. The first-order valence-electron chi connectivity index (χ1n) is 18.4. The van der Waals surface area contributed by atoms with E-state index in [-0.39, 0.29) is 5.41 Å². The highest BCUT2D eigenvalue weighted by Crippen LogP contribution is 2.53. The number of fused-ring (bicyclic) bond motifs is 6. The van der Waals surface area contributed by atoms with Crippen molar-refractivity contribution in [1.29, 1.82) is 0 Å². The quantitative estimate of drug-likeness (QED) is 0.173. The van der Waals surface area contributed by atoms with Crippen LogP contribution in [0.4, 0.5) is 34.1 Å². The fraction of sp³-hybridized carbons (Fsp3) is 0.0588. The van der Waals surface area contributed by atoms with E-state index in [2.05, 4.69) is 218 Å². The Labute approximate surface area is 310 Å². The summed E-state index contributed by atoms with van der Waals surface area (Å²) in [5, 5.41) is 7.38. The van der Waals surface area contributed by atoms with Crippen molar-refractivity contribution in [3.63, 3.8) is 0 Å². The van der Waals surface area contributed by atoms with Crippen molar-refractivity contribution in [2.24, 2.45) is 0 Å². The molecule has 9 aromatic carbocycles. The van der Waals surface area contributed by atoms with Crippen LogP contribution < -0.4 is 9.80 Å². The predicted octanol–water partition coefficient (Wildman–Crippen LogP) is 14.4. The molecule has 0 bridgehead atoms. The first-order valence-corrected chi connectivity index (χ1v) is 18.4. The molecule has 0 aliphatic heterocycles. The Morgan fingerprint density at radius 3 is 1.34 bits per heavy atom. The van der Waals surface area contributed by atoms with Gasteiger partial charge in [-0.1, -0.05) is 147 Å². The molecule has 0 fully saturated rings. The predicted molar refractivity (Wildman–Crippen MR) is 226 cm³/mol. The van der Waals surface area contributed by atoms with Crippen LogP contribution in [-0.4, -0.2) is 0 Å². The third-order valence-corrected chi connectivity index (χ3v) is 11.2. The van der Waals surface area contributed by atoms with Crippen LogP contribution in [0.2, 0.25) is 0 Å². The number of anilines is 6. The molecule has 0 heterocycles. The summed E-state index contributed by atoms with van der Waals surface area (Å²) in [6.45, 7) is 4.77. The van der Waals surface area contributed by atoms with E-state index in [4.69, 9.17) is 0 Å². The lowest BCUT2D eigenvalue weighted by Gasteiger charge is -2.30. The maximum absolute atomic E-state index is 2.44. The van der Waals surface area contributed by atoms with Crippen LogP contribution in [0.25, 0.3) is 43.4 Å². The molecule has 53 heavy (non-hydrogen) atoms. The number of nitrogens with zero attached hydrogens (tertiary/aromatic N) is 2. The van der Waals surface area contributed by atoms with Crippen molar-refractivity contribution in [2.75, 3.05) is 9.80 Å². The van der Waals surface area contributed by atoms with Gasteiger partial charge in [-0.2, -0.15) is 0 Å². The molecule has 252 valence electrons. The molecule has 0 unspecified atom stereocenters. The number of hydrogen-bond acceptors (Lipinski definition) is 2. The zero-order valence-corrected chi connectivity index (χ0v) is 29.9. The highest BCUT2D eigenvalue weighted by atomic mass is 15.1. The van der Waals surface area contributed by atoms with E-state index in [0.717, 1.165) is 22.7 Å². The molecular formula is C51H38N2. The molecule has 2 nitrogen and oxygen atoms in total. The Bertz CT molecular complexity index is 2820. The van der Waals surface area contributed by atoms with Crippen LogP contribution in [0, 0.1) is 0 Å². The molecule has 0 N–H and O–H groups in total. The Balaban J connectivity index is 1.13. The monoisotopic (exact) mass is 678 g/mol. The van der Waals surface area contributed by atoms with Crippen molar-refractivity contribution in [3.8, 4) is 11.1 Å². The van der Waals surface area contributed by atoms with E-state index in [0.29, 0.717) is 0 Å². The maximum atomic E-state index is 2.44. The van der Waals surface area contributed by atoms with E-state index in [9.17, 15) is 0 Å². The van der Waals surface area contributed by atoms with Gasteiger partial charge in [-0.05, 0) is 104 Å². The molecule has 0 spiro atoms. The third kappa shape index (κ3) is 5.10. The Morgan fingerprint density at radius 2 is 0.755 bits per heavy atom. The average Bonchev–Trinajstić information content (AvgIpc) is 3.43. The van der Waals surface area contributed by atoms with Gasteiger partial charge in [0.15, 0.2) is 0 Å². The van der Waals surface area contributed by atoms with Gasteiger partial charge in [0.25, 0.3) is 0 Å². The molecule has 1 aliphatic carbocycles. The summed E-state index contributed by atoms with van der Waals surface area (Å²) in [6, 6.07) is 70.9. The van der Waals surface area contributed by atoms with Crippen molar-refractivity contribution < 1.29 is 0 Å². The summed E-state index contributed by atoms with van der Waals surface area (Å²) in [6.07, 6.45) is 0. The Kier molecular flexibility index (Phi) is 7.19. The summed E-state index contributed by atoms with van der Waals surface area (Å²) in [5.41, 5.74) is 12.0. The van der Waals surface area contributed by atoms with Gasteiger partial charge in [-0.3, -0.25) is 0 Å². The number of benzene rings is 9. The molecule has 0 saturated carbocycles.